The molecule has 9 heteroatoms. The van der Waals surface area contributed by atoms with Gasteiger partial charge in [-0.2, -0.15) is 0 Å². The Morgan fingerprint density at radius 2 is 2.08 bits per heavy atom. The van der Waals surface area contributed by atoms with Crippen molar-refractivity contribution in [2.75, 3.05) is 44.7 Å². The number of hydrogen-bond donors (Lipinski definition) is 2. The van der Waals surface area contributed by atoms with Crippen LogP contribution in [0, 0.1) is 0 Å². The van der Waals surface area contributed by atoms with E-state index in [1.54, 1.807) is 18.4 Å². The fraction of sp³-hybridized carbons (Fsp3) is 0.438. The molecule has 0 aromatic carbocycles. The van der Waals surface area contributed by atoms with E-state index in [2.05, 4.69) is 37.6 Å². The molecule has 3 rings (SSSR count). The lowest BCUT2D eigenvalue weighted by molar-refractivity contribution is 0.183. The molecule has 2 N–H and O–H groups in total. The maximum Gasteiger partial charge on any atom is 0.193 e. The second kappa shape index (κ2) is 9.96. The number of hydrogen-bond acceptors (Lipinski definition) is 5. The Morgan fingerprint density at radius 1 is 1.32 bits per heavy atom. The fourth-order valence-corrected chi connectivity index (χ4v) is 4.55. The Morgan fingerprint density at radius 3 is 2.64 bits per heavy atom. The number of anilines is 1. The molecule has 0 bridgehead atoms. The number of nitrogens with zero attached hydrogens (tertiary/aromatic N) is 3. The highest BCUT2D eigenvalue weighted by molar-refractivity contribution is 14.0. The molecule has 2 aromatic rings. The van der Waals surface area contributed by atoms with Gasteiger partial charge in [-0.05, 0) is 29.6 Å². The summed E-state index contributed by atoms with van der Waals surface area (Å²) in [6, 6.07) is 7.92. The number of rotatable bonds is 4. The van der Waals surface area contributed by atoms with E-state index in [9.17, 15) is 5.11 Å². The second-order valence-corrected chi connectivity index (χ2v) is 8.18. The number of piperazine rings is 1. The van der Waals surface area contributed by atoms with Crippen LogP contribution in [0.2, 0.25) is 4.34 Å². The molecule has 0 radical (unpaired) electrons. The van der Waals surface area contributed by atoms with E-state index >= 15 is 0 Å². The maximum atomic E-state index is 10.3. The van der Waals surface area contributed by atoms with Gasteiger partial charge in [-0.15, -0.1) is 46.7 Å². The molecule has 1 unspecified atom stereocenters. The van der Waals surface area contributed by atoms with E-state index in [4.69, 9.17) is 11.6 Å². The van der Waals surface area contributed by atoms with Gasteiger partial charge in [0, 0.05) is 44.6 Å². The molecule has 1 saturated heterocycles. The van der Waals surface area contributed by atoms with E-state index in [0.717, 1.165) is 37.0 Å². The van der Waals surface area contributed by atoms with Gasteiger partial charge in [0.25, 0.3) is 0 Å². The Bertz CT molecular complexity index is 671. The molecule has 1 fully saturated rings. The van der Waals surface area contributed by atoms with Gasteiger partial charge in [-0.1, -0.05) is 11.6 Å². The van der Waals surface area contributed by atoms with Crippen molar-refractivity contribution >= 4 is 69.2 Å². The van der Waals surface area contributed by atoms with Crippen molar-refractivity contribution in [2.24, 2.45) is 4.99 Å². The summed E-state index contributed by atoms with van der Waals surface area (Å²) in [6.07, 6.45) is -0.577. The quantitative estimate of drug-likeness (QED) is 0.374. The molecule has 0 spiro atoms. The Balaban J connectivity index is 0.00000225. The molecule has 1 atom stereocenters. The van der Waals surface area contributed by atoms with Crippen molar-refractivity contribution in [1.82, 2.24) is 10.2 Å². The first-order valence-electron chi connectivity index (χ1n) is 7.84. The molecule has 25 heavy (non-hydrogen) atoms. The standard InChI is InChI=1S/C16H21ClN4OS2.HI/c1-18-16(19-11-12(22)13-4-5-14(17)24-13)21-8-6-20(7-9-21)15-3-2-10-23-15;/h2-5,10,12,22H,6-9,11H2,1H3,(H,18,19);1H. The monoisotopic (exact) mass is 512 g/mol. The van der Waals surface area contributed by atoms with Crippen LogP contribution in [0.4, 0.5) is 5.00 Å². The summed E-state index contributed by atoms with van der Waals surface area (Å²) in [6.45, 7) is 4.21. The van der Waals surface area contributed by atoms with Crippen molar-refractivity contribution in [2.45, 2.75) is 6.10 Å². The summed E-state index contributed by atoms with van der Waals surface area (Å²) in [5, 5.41) is 17.0. The number of guanidine groups is 1. The minimum atomic E-state index is -0.577. The number of aliphatic imine (C=N–C) groups is 1. The summed E-state index contributed by atoms with van der Waals surface area (Å²) < 4.78 is 0.693. The molecule has 1 aliphatic heterocycles. The van der Waals surface area contributed by atoms with Gasteiger partial charge >= 0.3 is 0 Å². The van der Waals surface area contributed by atoms with E-state index in [1.807, 2.05) is 12.1 Å². The van der Waals surface area contributed by atoms with Crippen LogP contribution in [-0.4, -0.2) is 55.7 Å². The maximum absolute atomic E-state index is 10.3. The normalized spacial score (nSPS) is 16.5. The van der Waals surface area contributed by atoms with Crippen LogP contribution in [0.1, 0.15) is 11.0 Å². The van der Waals surface area contributed by atoms with Gasteiger partial charge in [0.2, 0.25) is 0 Å². The third-order valence-electron chi connectivity index (χ3n) is 3.98. The predicted octanol–water partition coefficient (Wildman–Crippen LogP) is 3.51. The first kappa shape index (κ1) is 20.8. The lowest BCUT2D eigenvalue weighted by Gasteiger charge is -2.37. The lowest BCUT2D eigenvalue weighted by atomic mass is 10.3. The average molecular weight is 513 g/mol. The molecule has 0 amide bonds. The van der Waals surface area contributed by atoms with Gasteiger partial charge in [-0.25, -0.2) is 0 Å². The Hall–Kier alpha value is -0.550. The van der Waals surface area contributed by atoms with Crippen LogP contribution < -0.4 is 10.2 Å². The number of aliphatic hydroxyl groups excluding tert-OH is 1. The predicted molar refractivity (Wildman–Crippen MR) is 119 cm³/mol. The number of thiophene rings is 2. The zero-order valence-electron chi connectivity index (χ0n) is 13.9. The van der Waals surface area contributed by atoms with E-state index in [1.165, 1.54) is 16.3 Å². The number of nitrogens with one attached hydrogen (secondary N) is 1. The summed E-state index contributed by atoms with van der Waals surface area (Å²) >= 11 is 9.11. The van der Waals surface area contributed by atoms with Crippen LogP contribution in [-0.2, 0) is 0 Å². The Kier molecular flexibility index (Phi) is 8.27. The molecular formula is C16H22ClIN4OS2. The van der Waals surface area contributed by atoms with E-state index in [-0.39, 0.29) is 24.0 Å². The third-order valence-corrected chi connectivity index (χ3v) is 6.25. The summed E-state index contributed by atoms with van der Waals surface area (Å²) in [5.74, 6) is 0.836. The van der Waals surface area contributed by atoms with Crippen LogP contribution in [0.3, 0.4) is 0 Å². The van der Waals surface area contributed by atoms with Crippen LogP contribution in [0.5, 0.6) is 0 Å². The smallest absolute Gasteiger partial charge is 0.193 e. The van der Waals surface area contributed by atoms with Gasteiger partial charge in [0.15, 0.2) is 5.96 Å². The molecule has 1 aliphatic rings. The van der Waals surface area contributed by atoms with Gasteiger partial charge in [0.1, 0.15) is 6.10 Å². The van der Waals surface area contributed by atoms with E-state index in [0.29, 0.717) is 10.9 Å². The van der Waals surface area contributed by atoms with Crippen LogP contribution >= 0.6 is 58.3 Å². The number of aliphatic hydroxyl groups is 1. The largest absolute Gasteiger partial charge is 0.386 e. The summed E-state index contributed by atoms with van der Waals surface area (Å²) in [5.41, 5.74) is 0. The molecule has 138 valence electrons. The molecule has 0 saturated carbocycles. The van der Waals surface area contributed by atoms with Crippen LogP contribution in [0.15, 0.2) is 34.6 Å². The highest BCUT2D eigenvalue weighted by atomic mass is 127. The zero-order valence-corrected chi connectivity index (χ0v) is 18.6. The average Bonchev–Trinajstić information content (AvgIpc) is 3.27. The van der Waals surface area contributed by atoms with Crippen LogP contribution in [0.25, 0.3) is 0 Å². The minimum Gasteiger partial charge on any atom is -0.386 e. The van der Waals surface area contributed by atoms with Crippen molar-refractivity contribution in [3.8, 4) is 0 Å². The molecule has 2 aromatic heterocycles. The summed E-state index contributed by atoms with van der Waals surface area (Å²) in [7, 11) is 1.78. The molecular weight excluding hydrogens is 491 g/mol. The molecule has 3 heterocycles. The van der Waals surface area contributed by atoms with Crippen molar-refractivity contribution in [3.63, 3.8) is 0 Å². The van der Waals surface area contributed by atoms with Crippen molar-refractivity contribution in [3.05, 3.63) is 38.9 Å². The van der Waals surface area contributed by atoms with E-state index < -0.39 is 6.10 Å². The topological polar surface area (TPSA) is 51.1 Å². The molecule has 0 aliphatic carbocycles. The van der Waals surface area contributed by atoms with Gasteiger partial charge in [-0.3, -0.25) is 4.99 Å². The number of halogens is 2. The van der Waals surface area contributed by atoms with Gasteiger partial charge in [0.05, 0.1) is 9.34 Å². The SMILES string of the molecule is CN=C(NCC(O)c1ccc(Cl)s1)N1CCN(c2cccs2)CC1.I. The van der Waals surface area contributed by atoms with Gasteiger partial charge < -0.3 is 20.2 Å². The molecule has 5 nitrogen and oxygen atoms in total. The Labute approximate surface area is 178 Å². The first-order chi connectivity index (χ1) is 11.7. The minimum absolute atomic E-state index is 0. The first-order valence-corrected chi connectivity index (χ1v) is 9.92. The van der Waals surface area contributed by atoms with Crippen molar-refractivity contribution in [1.29, 1.82) is 0 Å². The second-order valence-electron chi connectivity index (χ2n) is 5.51. The third kappa shape index (κ3) is 5.46. The highest BCUT2D eigenvalue weighted by Gasteiger charge is 2.21. The zero-order chi connectivity index (χ0) is 16.9. The summed E-state index contributed by atoms with van der Waals surface area (Å²) in [4.78, 5) is 9.85. The fourth-order valence-electron chi connectivity index (χ4n) is 2.72. The highest BCUT2D eigenvalue weighted by Crippen LogP contribution is 2.26. The lowest BCUT2D eigenvalue weighted by Crippen LogP contribution is -2.52. The van der Waals surface area contributed by atoms with Crippen molar-refractivity contribution < 1.29 is 5.11 Å².